The Kier molecular flexibility index (Phi) is 4.16. The van der Waals surface area contributed by atoms with Crippen LogP contribution in [0.15, 0.2) is 130 Å². The second kappa shape index (κ2) is 6.94. The molecular weight excluding hydrogens is 344 g/mol. The molecule has 27 heavy (non-hydrogen) atoms. The Labute approximate surface area is 162 Å². The molecule has 0 unspecified atom stereocenters. The molecule has 5 aromatic rings. The lowest BCUT2D eigenvalue weighted by Crippen LogP contribution is -2.06. The Hall–Kier alpha value is -3.03. The SMILES string of the molecule is c1ccc([S+](c2cccc3ccccc23)c2cccc3ccccc23)cc1. The van der Waals surface area contributed by atoms with E-state index in [0.29, 0.717) is 0 Å². The van der Waals surface area contributed by atoms with Crippen molar-refractivity contribution in [3.63, 3.8) is 0 Å². The maximum atomic E-state index is 2.29. The van der Waals surface area contributed by atoms with Gasteiger partial charge in [0.1, 0.15) is 10.9 Å². The van der Waals surface area contributed by atoms with Crippen molar-refractivity contribution in [3.8, 4) is 0 Å². The van der Waals surface area contributed by atoms with Gasteiger partial charge >= 0.3 is 0 Å². The van der Waals surface area contributed by atoms with Gasteiger partial charge < -0.3 is 0 Å². The van der Waals surface area contributed by atoms with Gasteiger partial charge in [-0.1, -0.05) is 78.9 Å². The van der Waals surface area contributed by atoms with Crippen LogP contribution in [0, 0.1) is 0 Å². The van der Waals surface area contributed by atoms with Gasteiger partial charge in [-0.3, -0.25) is 0 Å². The third kappa shape index (κ3) is 2.90. The van der Waals surface area contributed by atoms with Gasteiger partial charge in [0, 0.05) is 10.8 Å². The van der Waals surface area contributed by atoms with E-state index < -0.39 is 0 Å². The number of benzene rings is 5. The Bertz CT molecular complexity index is 1130. The molecule has 0 aliphatic carbocycles. The lowest BCUT2D eigenvalue weighted by atomic mass is 10.1. The Balaban J connectivity index is 1.85. The summed E-state index contributed by atoms with van der Waals surface area (Å²) in [5.74, 6) is 0. The van der Waals surface area contributed by atoms with E-state index in [0.717, 1.165) is 0 Å². The molecule has 0 aromatic heterocycles. The van der Waals surface area contributed by atoms with Crippen molar-refractivity contribution in [2.75, 3.05) is 0 Å². The Morgan fingerprint density at radius 2 is 0.815 bits per heavy atom. The maximum Gasteiger partial charge on any atom is 0.174 e. The molecule has 0 aliphatic heterocycles. The maximum absolute atomic E-state index is 2.29. The van der Waals surface area contributed by atoms with E-state index in [-0.39, 0.29) is 10.9 Å². The lowest BCUT2D eigenvalue weighted by Gasteiger charge is -2.12. The molecular formula is C26H19S+. The minimum Gasteiger partial charge on any atom is -0.0619 e. The van der Waals surface area contributed by atoms with Crippen LogP contribution in [0.3, 0.4) is 0 Å². The van der Waals surface area contributed by atoms with E-state index in [4.69, 9.17) is 0 Å². The van der Waals surface area contributed by atoms with Crippen molar-refractivity contribution in [1.29, 1.82) is 0 Å². The average molecular weight is 364 g/mol. The molecule has 1 heteroatoms. The summed E-state index contributed by atoms with van der Waals surface area (Å²) in [5, 5.41) is 5.26. The number of hydrogen-bond acceptors (Lipinski definition) is 0. The van der Waals surface area contributed by atoms with Crippen LogP contribution in [0.25, 0.3) is 21.5 Å². The van der Waals surface area contributed by atoms with Crippen molar-refractivity contribution in [1.82, 2.24) is 0 Å². The largest absolute Gasteiger partial charge is 0.174 e. The van der Waals surface area contributed by atoms with E-state index in [1.807, 2.05) is 0 Å². The third-order valence-electron chi connectivity index (χ3n) is 4.92. The van der Waals surface area contributed by atoms with Crippen LogP contribution in [0.2, 0.25) is 0 Å². The van der Waals surface area contributed by atoms with Gasteiger partial charge in [-0.25, -0.2) is 0 Å². The van der Waals surface area contributed by atoms with Gasteiger partial charge in [0.25, 0.3) is 0 Å². The van der Waals surface area contributed by atoms with Gasteiger partial charge in [-0.15, -0.1) is 0 Å². The van der Waals surface area contributed by atoms with Crippen LogP contribution in [-0.2, 0) is 10.9 Å². The van der Waals surface area contributed by atoms with Crippen LogP contribution in [-0.4, -0.2) is 0 Å². The van der Waals surface area contributed by atoms with Crippen LogP contribution >= 0.6 is 0 Å². The first-order valence-electron chi connectivity index (χ1n) is 9.17. The molecule has 0 amide bonds. The fraction of sp³-hybridized carbons (Fsp3) is 0. The van der Waals surface area contributed by atoms with Crippen molar-refractivity contribution >= 4 is 32.4 Å². The summed E-state index contributed by atoms with van der Waals surface area (Å²) in [6.07, 6.45) is 0. The first-order valence-corrected chi connectivity index (χ1v) is 10.4. The second-order valence-corrected chi connectivity index (χ2v) is 8.54. The summed E-state index contributed by atoms with van der Waals surface area (Å²) in [7, 11) is -0.164. The summed E-state index contributed by atoms with van der Waals surface area (Å²) in [6.45, 7) is 0. The van der Waals surface area contributed by atoms with Gasteiger partial charge in [-0.2, -0.15) is 0 Å². The zero-order chi connectivity index (χ0) is 18.1. The summed E-state index contributed by atoms with van der Waals surface area (Å²) in [6, 6.07) is 41.7. The quantitative estimate of drug-likeness (QED) is 0.300. The molecule has 0 saturated heterocycles. The molecule has 0 N–H and O–H groups in total. The fourth-order valence-electron chi connectivity index (χ4n) is 3.68. The highest BCUT2D eigenvalue weighted by Crippen LogP contribution is 2.38. The number of hydrogen-bond donors (Lipinski definition) is 0. The van der Waals surface area contributed by atoms with E-state index in [1.165, 1.54) is 36.2 Å². The predicted molar refractivity (Wildman–Crippen MR) is 117 cm³/mol. The van der Waals surface area contributed by atoms with Crippen molar-refractivity contribution in [2.24, 2.45) is 0 Å². The molecule has 0 bridgehead atoms. The second-order valence-electron chi connectivity index (χ2n) is 6.57. The van der Waals surface area contributed by atoms with Gasteiger partial charge in [0.2, 0.25) is 0 Å². The third-order valence-corrected chi connectivity index (χ3v) is 7.25. The molecule has 0 spiro atoms. The van der Waals surface area contributed by atoms with Gasteiger partial charge in [-0.05, 0) is 47.2 Å². The molecule has 5 rings (SSSR count). The van der Waals surface area contributed by atoms with Gasteiger partial charge in [0.05, 0.1) is 0 Å². The van der Waals surface area contributed by atoms with Crippen LogP contribution in [0.5, 0.6) is 0 Å². The molecule has 0 nitrogen and oxygen atoms in total. The van der Waals surface area contributed by atoms with Crippen LogP contribution in [0.4, 0.5) is 0 Å². The van der Waals surface area contributed by atoms with Crippen molar-refractivity contribution < 1.29 is 0 Å². The average Bonchev–Trinajstić information content (AvgIpc) is 2.75. The fourth-order valence-corrected chi connectivity index (χ4v) is 6.09. The first-order chi connectivity index (χ1) is 13.4. The summed E-state index contributed by atoms with van der Waals surface area (Å²) < 4.78 is 0. The zero-order valence-electron chi connectivity index (χ0n) is 14.9. The first kappa shape index (κ1) is 16.2. The highest BCUT2D eigenvalue weighted by atomic mass is 32.2. The summed E-state index contributed by atoms with van der Waals surface area (Å²) >= 11 is 0. The molecule has 0 aliphatic rings. The molecule has 0 radical (unpaired) electrons. The summed E-state index contributed by atoms with van der Waals surface area (Å²) in [4.78, 5) is 4.12. The number of fused-ring (bicyclic) bond motifs is 2. The number of rotatable bonds is 3. The Morgan fingerprint density at radius 1 is 0.370 bits per heavy atom. The molecule has 0 fully saturated rings. The van der Waals surface area contributed by atoms with E-state index in [1.54, 1.807) is 0 Å². The van der Waals surface area contributed by atoms with E-state index >= 15 is 0 Å². The minimum atomic E-state index is -0.164. The monoisotopic (exact) mass is 363 g/mol. The van der Waals surface area contributed by atoms with Crippen molar-refractivity contribution in [2.45, 2.75) is 14.7 Å². The molecule has 0 saturated carbocycles. The molecule has 0 heterocycles. The topological polar surface area (TPSA) is 0 Å². The highest BCUT2D eigenvalue weighted by Gasteiger charge is 2.31. The zero-order valence-corrected chi connectivity index (χ0v) is 15.7. The van der Waals surface area contributed by atoms with E-state index in [9.17, 15) is 0 Å². The molecule has 128 valence electrons. The minimum absolute atomic E-state index is 0.164. The van der Waals surface area contributed by atoms with Gasteiger partial charge in [0.15, 0.2) is 14.7 Å². The van der Waals surface area contributed by atoms with E-state index in [2.05, 4.69) is 115 Å². The van der Waals surface area contributed by atoms with Crippen LogP contribution in [0.1, 0.15) is 0 Å². The highest BCUT2D eigenvalue weighted by molar-refractivity contribution is 7.97. The van der Waals surface area contributed by atoms with Crippen molar-refractivity contribution in [3.05, 3.63) is 115 Å². The van der Waals surface area contributed by atoms with Crippen LogP contribution < -0.4 is 0 Å². The summed E-state index contributed by atoms with van der Waals surface area (Å²) in [5.41, 5.74) is 0. The molecule has 5 aromatic carbocycles. The Morgan fingerprint density at radius 3 is 1.37 bits per heavy atom. The predicted octanol–water partition coefficient (Wildman–Crippen LogP) is 7.09. The molecule has 0 atom stereocenters. The standard InChI is InChI=1S/C26H19S/c1-2-14-22(15-3-1)27(25-18-8-12-20-10-4-6-16-23(20)25)26-19-9-13-21-11-5-7-17-24(21)26/h1-19H/q+1. The lowest BCUT2D eigenvalue weighted by molar-refractivity contribution is 1.36. The smallest absolute Gasteiger partial charge is 0.0619 e. The normalized spacial score (nSPS) is 11.3.